The third-order valence-electron chi connectivity index (χ3n) is 7.61. The van der Waals surface area contributed by atoms with Gasteiger partial charge in [-0.15, -0.1) is 0 Å². The number of hydrogen-bond acceptors (Lipinski definition) is 7. The molecule has 3 aliphatic carbocycles. The zero-order valence-electron chi connectivity index (χ0n) is 18.6. The molecule has 0 radical (unpaired) electrons. The van der Waals surface area contributed by atoms with Gasteiger partial charge in [-0.2, -0.15) is 0 Å². The zero-order valence-corrected chi connectivity index (χ0v) is 18.6. The van der Waals surface area contributed by atoms with Gasteiger partial charge in [0.2, 0.25) is 0 Å². The van der Waals surface area contributed by atoms with Gasteiger partial charge in [-0.1, -0.05) is 24.3 Å². The van der Waals surface area contributed by atoms with Gasteiger partial charge in [-0.3, -0.25) is 9.59 Å². The van der Waals surface area contributed by atoms with E-state index in [-0.39, 0.29) is 51.1 Å². The van der Waals surface area contributed by atoms with Crippen LogP contribution in [0.1, 0.15) is 80.7 Å². The summed E-state index contributed by atoms with van der Waals surface area (Å²) in [5.74, 6) is -0.254. The summed E-state index contributed by atoms with van der Waals surface area (Å²) < 4.78 is 11.4. The maximum atomic E-state index is 13.2. The first-order valence-electron chi connectivity index (χ1n) is 11.5. The summed E-state index contributed by atoms with van der Waals surface area (Å²) in [6.45, 7) is 0. The average Bonchev–Trinajstić information content (AvgIpc) is 2.83. The molecule has 3 aliphatic rings. The van der Waals surface area contributed by atoms with Crippen LogP contribution in [0.4, 0.5) is 11.4 Å². The van der Waals surface area contributed by atoms with Crippen molar-refractivity contribution in [1.82, 2.24) is 0 Å². The summed E-state index contributed by atoms with van der Waals surface area (Å²) in [5, 5.41) is 0. The molecule has 0 heterocycles. The molecule has 2 aromatic carbocycles. The van der Waals surface area contributed by atoms with Gasteiger partial charge in [-0.25, -0.2) is 4.79 Å². The van der Waals surface area contributed by atoms with Crippen molar-refractivity contribution in [2.24, 2.45) is 11.8 Å². The minimum Gasteiger partial charge on any atom is -0.459 e. The highest BCUT2D eigenvalue weighted by molar-refractivity contribution is 6.32. The minimum absolute atomic E-state index is 0.00718. The lowest BCUT2D eigenvalue weighted by Crippen LogP contribution is -2.37. The SMILES string of the molecule is COC1CCC2CC(OC(=O)c3cc(N)c4c(c3N)C(=O)c3ccccc3C4=O)CCC2C1. The van der Waals surface area contributed by atoms with E-state index < -0.39 is 11.8 Å². The van der Waals surface area contributed by atoms with E-state index in [1.54, 1.807) is 31.4 Å². The van der Waals surface area contributed by atoms with Gasteiger partial charge < -0.3 is 20.9 Å². The first-order valence-corrected chi connectivity index (χ1v) is 11.5. The van der Waals surface area contributed by atoms with Gasteiger partial charge in [0.25, 0.3) is 0 Å². The average molecular weight is 449 g/mol. The molecule has 0 aliphatic heterocycles. The van der Waals surface area contributed by atoms with E-state index in [0.29, 0.717) is 17.9 Å². The third kappa shape index (κ3) is 3.60. The molecule has 33 heavy (non-hydrogen) atoms. The second-order valence-corrected chi connectivity index (χ2v) is 9.41. The van der Waals surface area contributed by atoms with E-state index in [4.69, 9.17) is 20.9 Å². The topological polar surface area (TPSA) is 122 Å². The molecular formula is C26H28N2O5. The van der Waals surface area contributed by atoms with Gasteiger partial charge in [-0.05, 0) is 56.4 Å². The molecule has 172 valence electrons. The van der Waals surface area contributed by atoms with Gasteiger partial charge in [0, 0.05) is 23.9 Å². The Morgan fingerprint density at radius 3 is 2.09 bits per heavy atom. The fraction of sp³-hybridized carbons (Fsp3) is 0.423. The summed E-state index contributed by atoms with van der Waals surface area (Å²) >= 11 is 0. The first-order chi connectivity index (χ1) is 15.9. The van der Waals surface area contributed by atoms with Crippen molar-refractivity contribution >= 4 is 28.9 Å². The molecule has 4 N–H and O–H groups in total. The zero-order chi connectivity index (χ0) is 23.3. The molecule has 0 saturated heterocycles. The van der Waals surface area contributed by atoms with Crippen LogP contribution in [-0.2, 0) is 9.47 Å². The van der Waals surface area contributed by atoms with E-state index in [1.165, 1.54) is 6.07 Å². The number of methoxy groups -OCH3 is 1. The van der Waals surface area contributed by atoms with Crippen LogP contribution in [0.5, 0.6) is 0 Å². The summed E-state index contributed by atoms with van der Waals surface area (Å²) in [4.78, 5) is 39.2. The maximum absolute atomic E-state index is 13.2. The van der Waals surface area contributed by atoms with Crippen LogP contribution in [0.3, 0.4) is 0 Å². The quantitative estimate of drug-likeness (QED) is 0.462. The van der Waals surface area contributed by atoms with Crippen molar-refractivity contribution in [2.75, 3.05) is 18.6 Å². The van der Waals surface area contributed by atoms with Gasteiger partial charge in [0.1, 0.15) is 6.10 Å². The van der Waals surface area contributed by atoms with Crippen molar-refractivity contribution < 1.29 is 23.9 Å². The lowest BCUT2D eigenvalue weighted by Gasteiger charge is -2.41. The number of rotatable bonds is 3. The Morgan fingerprint density at radius 2 is 1.45 bits per heavy atom. The number of nitrogen functional groups attached to an aromatic ring is 2. The van der Waals surface area contributed by atoms with Crippen molar-refractivity contribution in [3.63, 3.8) is 0 Å². The molecule has 2 saturated carbocycles. The Hall–Kier alpha value is -3.19. The highest BCUT2D eigenvalue weighted by atomic mass is 16.5. The second-order valence-electron chi connectivity index (χ2n) is 9.41. The van der Waals surface area contributed by atoms with Crippen LogP contribution in [0.15, 0.2) is 30.3 Å². The number of benzene rings is 2. The molecule has 0 bridgehead atoms. The highest BCUT2D eigenvalue weighted by Crippen LogP contribution is 2.43. The van der Waals surface area contributed by atoms with Crippen LogP contribution in [-0.4, -0.2) is 36.9 Å². The van der Waals surface area contributed by atoms with Gasteiger partial charge in [0.05, 0.1) is 28.5 Å². The molecular weight excluding hydrogens is 420 g/mol. The number of ether oxygens (including phenoxy) is 2. The standard InChI is InChI=1S/C26H28N2O5/c1-32-15-8-6-14-11-16(9-7-13(14)10-15)33-26(31)19-12-20(27)21-22(23(19)28)25(30)18-5-3-2-4-17(18)24(21)29/h2-5,12-16H,6-11,27-28H2,1H3. The van der Waals surface area contributed by atoms with Crippen LogP contribution < -0.4 is 11.5 Å². The van der Waals surface area contributed by atoms with Gasteiger partial charge >= 0.3 is 5.97 Å². The fourth-order valence-corrected chi connectivity index (χ4v) is 5.86. The number of nitrogens with two attached hydrogens (primary N) is 2. The summed E-state index contributed by atoms with van der Waals surface area (Å²) in [6.07, 6.45) is 5.89. The lowest BCUT2D eigenvalue weighted by molar-refractivity contribution is -0.0274. The molecule has 0 amide bonds. The van der Waals surface area contributed by atoms with E-state index in [1.807, 2.05) is 0 Å². The number of anilines is 2. The van der Waals surface area contributed by atoms with E-state index in [0.717, 1.165) is 38.5 Å². The summed E-state index contributed by atoms with van der Waals surface area (Å²) in [5.41, 5.74) is 13.1. The maximum Gasteiger partial charge on any atom is 0.340 e. The molecule has 2 fully saturated rings. The lowest BCUT2D eigenvalue weighted by atomic mass is 9.69. The molecule has 2 aromatic rings. The molecule has 7 heteroatoms. The Morgan fingerprint density at radius 1 is 0.879 bits per heavy atom. The largest absolute Gasteiger partial charge is 0.459 e. The number of ketones is 2. The normalized spacial score (nSPS) is 26.2. The molecule has 4 atom stereocenters. The van der Waals surface area contributed by atoms with Crippen molar-refractivity contribution in [3.05, 3.63) is 58.1 Å². The first kappa shape index (κ1) is 21.6. The third-order valence-corrected chi connectivity index (χ3v) is 7.61. The second kappa shape index (κ2) is 8.30. The van der Waals surface area contributed by atoms with Crippen molar-refractivity contribution in [2.45, 2.75) is 50.7 Å². The molecule has 5 rings (SSSR count). The van der Waals surface area contributed by atoms with E-state index in [2.05, 4.69) is 0 Å². The monoisotopic (exact) mass is 448 g/mol. The predicted molar refractivity (Wildman–Crippen MR) is 123 cm³/mol. The fourth-order valence-electron chi connectivity index (χ4n) is 5.86. The molecule has 7 nitrogen and oxygen atoms in total. The van der Waals surface area contributed by atoms with Crippen LogP contribution in [0.25, 0.3) is 0 Å². The van der Waals surface area contributed by atoms with E-state index in [9.17, 15) is 14.4 Å². The Kier molecular flexibility index (Phi) is 5.44. The number of carbonyl (C=O) groups excluding carboxylic acids is 3. The van der Waals surface area contributed by atoms with Gasteiger partial charge in [0.15, 0.2) is 11.6 Å². The van der Waals surface area contributed by atoms with Crippen LogP contribution in [0, 0.1) is 11.8 Å². The number of carbonyl (C=O) groups is 3. The number of esters is 1. The molecule has 0 aromatic heterocycles. The van der Waals surface area contributed by atoms with Crippen LogP contribution in [0.2, 0.25) is 0 Å². The number of hydrogen-bond donors (Lipinski definition) is 2. The Balaban J connectivity index is 1.39. The predicted octanol–water partition coefficient (Wildman–Crippen LogP) is 3.77. The minimum atomic E-state index is -0.602. The smallest absolute Gasteiger partial charge is 0.340 e. The Bertz CT molecular complexity index is 1160. The molecule has 0 spiro atoms. The number of fused-ring (bicyclic) bond motifs is 3. The summed E-state index contributed by atoms with van der Waals surface area (Å²) in [7, 11) is 1.77. The summed E-state index contributed by atoms with van der Waals surface area (Å²) in [6, 6.07) is 7.91. The molecule has 4 unspecified atom stereocenters. The van der Waals surface area contributed by atoms with Crippen molar-refractivity contribution in [1.29, 1.82) is 0 Å². The van der Waals surface area contributed by atoms with Crippen molar-refractivity contribution in [3.8, 4) is 0 Å². The highest BCUT2D eigenvalue weighted by Gasteiger charge is 2.38. The van der Waals surface area contributed by atoms with E-state index >= 15 is 0 Å². The van der Waals surface area contributed by atoms with Crippen LogP contribution >= 0.6 is 0 Å². The Labute approximate surface area is 192 Å².